The molecule has 1 heterocycles. The van der Waals surface area contributed by atoms with Crippen molar-refractivity contribution in [3.63, 3.8) is 0 Å². The summed E-state index contributed by atoms with van der Waals surface area (Å²) in [5.74, 6) is 0.792. The highest BCUT2D eigenvalue weighted by atomic mass is 35.5. The molecule has 3 rings (SSSR count). The van der Waals surface area contributed by atoms with Gasteiger partial charge in [0.05, 0.1) is 37.1 Å². The van der Waals surface area contributed by atoms with Crippen molar-refractivity contribution in [1.82, 2.24) is 5.32 Å². The van der Waals surface area contributed by atoms with Crippen molar-refractivity contribution in [3.8, 4) is 11.5 Å². The second kappa shape index (κ2) is 9.92. The minimum absolute atomic E-state index is 0.0399. The van der Waals surface area contributed by atoms with Crippen molar-refractivity contribution in [2.75, 3.05) is 32.3 Å². The third kappa shape index (κ3) is 4.71. The zero-order chi connectivity index (χ0) is 22.5. The molecular weight excluding hydrogens is 420 g/mol. The van der Waals surface area contributed by atoms with Crippen LogP contribution in [0, 0.1) is 0 Å². The highest BCUT2D eigenvalue weighted by Gasteiger charge is 2.36. The van der Waals surface area contributed by atoms with Crippen molar-refractivity contribution in [3.05, 3.63) is 52.5 Å². The number of hydrogen-bond acceptors (Lipinski definition) is 5. The van der Waals surface area contributed by atoms with Gasteiger partial charge < -0.3 is 19.5 Å². The third-order valence-corrected chi connectivity index (χ3v) is 5.72. The predicted octanol–water partition coefficient (Wildman–Crippen LogP) is 4.63. The second-order valence-corrected chi connectivity index (χ2v) is 7.71. The van der Waals surface area contributed by atoms with Gasteiger partial charge in [0.15, 0.2) is 11.5 Å². The number of methoxy groups -OCH3 is 2. The van der Waals surface area contributed by atoms with Crippen LogP contribution in [-0.4, -0.2) is 45.4 Å². The van der Waals surface area contributed by atoms with Crippen LogP contribution in [0.25, 0.3) is 0 Å². The molecule has 0 saturated carbocycles. The Morgan fingerprint density at radius 3 is 2.48 bits per heavy atom. The standard InChI is InChI=1S/C23H27ClN2O5/c1-5-31-23(28)26-14(2)10-15(13-25-22(27)16-8-6-7-9-18(16)24)17-11-20(29-3)21(30-4)12-19(17)26/h6-9,11-12,14-15H,5,10,13H2,1-4H3,(H,25,27). The molecule has 1 aliphatic heterocycles. The van der Waals surface area contributed by atoms with Gasteiger partial charge in [0.25, 0.3) is 5.91 Å². The molecule has 7 nitrogen and oxygen atoms in total. The summed E-state index contributed by atoms with van der Waals surface area (Å²) in [5.41, 5.74) is 1.99. The van der Waals surface area contributed by atoms with Gasteiger partial charge >= 0.3 is 6.09 Å². The Kier molecular flexibility index (Phi) is 7.28. The lowest BCUT2D eigenvalue weighted by Gasteiger charge is -2.39. The Labute approximate surface area is 187 Å². The first-order valence-electron chi connectivity index (χ1n) is 10.2. The summed E-state index contributed by atoms with van der Waals surface area (Å²) in [6.45, 7) is 4.39. The number of carbonyl (C=O) groups excluding carboxylic acids is 2. The Balaban J connectivity index is 1.93. The van der Waals surface area contributed by atoms with E-state index in [9.17, 15) is 9.59 Å². The maximum atomic E-state index is 12.7. The van der Waals surface area contributed by atoms with Crippen molar-refractivity contribution in [2.24, 2.45) is 0 Å². The van der Waals surface area contributed by atoms with E-state index in [1.165, 1.54) is 0 Å². The molecule has 0 spiro atoms. The van der Waals surface area contributed by atoms with Crippen LogP contribution in [0.15, 0.2) is 36.4 Å². The van der Waals surface area contributed by atoms with E-state index >= 15 is 0 Å². The first-order valence-corrected chi connectivity index (χ1v) is 10.5. The second-order valence-electron chi connectivity index (χ2n) is 7.31. The Hall–Kier alpha value is -2.93. The number of amides is 2. The molecule has 0 aromatic heterocycles. The molecule has 8 heteroatoms. The molecule has 0 bridgehead atoms. The largest absolute Gasteiger partial charge is 0.493 e. The number of fused-ring (bicyclic) bond motifs is 1. The summed E-state index contributed by atoms with van der Waals surface area (Å²) in [4.78, 5) is 27.0. The van der Waals surface area contributed by atoms with Crippen molar-refractivity contribution >= 4 is 29.3 Å². The van der Waals surface area contributed by atoms with Crippen molar-refractivity contribution in [1.29, 1.82) is 0 Å². The molecule has 2 aromatic rings. The quantitative estimate of drug-likeness (QED) is 0.700. The van der Waals surface area contributed by atoms with E-state index in [0.717, 1.165) is 5.56 Å². The fourth-order valence-corrected chi connectivity index (χ4v) is 4.14. The number of nitrogens with one attached hydrogen (secondary N) is 1. The number of halogens is 1. The zero-order valence-electron chi connectivity index (χ0n) is 18.1. The normalized spacial score (nSPS) is 17.5. The smallest absolute Gasteiger partial charge is 0.414 e. The van der Waals surface area contributed by atoms with Crippen LogP contribution in [0.2, 0.25) is 5.02 Å². The van der Waals surface area contributed by atoms with E-state index in [1.807, 2.05) is 13.0 Å². The van der Waals surface area contributed by atoms with Gasteiger partial charge in [0.1, 0.15) is 0 Å². The Bertz CT molecular complexity index is 965. The molecule has 31 heavy (non-hydrogen) atoms. The van der Waals surface area contributed by atoms with Crippen LogP contribution in [-0.2, 0) is 4.74 Å². The SMILES string of the molecule is CCOC(=O)N1c2cc(OC)c(OC)cc2C(CNC(=O)c2ccccc2Cl)CC1C. The fourth-order valence-electron chi connectivity index (χ4n) is 3.92. The number of benzene rings is 2. The van der Waals surface area contributed by atoms with Crippen LogP contribution in [0.5, 0.6) is 11.5 Å². The van der Waals surface area contributed by atoms with Gasteiger partial charge in [-0.2, -0.15) is 0 Å². The lowest BCUT2D eigenvalue weighted by atomic mass is 9.85. The molecule has 0 aliphatic carbocycles. The molecule has 2 amide bonds. The lowest BCUT2D eigenvalue weighted by Crippen LogP contribution is -2.45. The van der Waals surface area contributed by atoms with Crippen LogP contribution < -0.4 is 19.7 Å². The number of carbonyl (C=O) groups is 2. The minimum Gasteiger partial charge on any atom is -0.493 e. The summed E-state index contributed by atoms with van der Waals surface area (Å²) in [6.07, 6.45) is 0.228. The number of ether oxygens (including phenoxy) is 3. The summed E-state index contributed by atoms with van der Waals surface area (Å²) in [7, 11) is 3.11. The highest BCUT2D eigenvalue weighted by Crippen LogP contribution is 2.44. The average Bonchev–Trinajstić information content (AvgIpc) is 2.76. The molecule has 1 N–H and O–H groups in total. The monoisotopic (exact) mass is 446 g/mol. The number of rotatable bonds is 6. The van der Waals surface area contributed by atoms with Crippen LogP contribution in [0.1, 0.15) is 42.1 Å². The topological polar surface area (TPSA) is 77.1 Å². The van der Waals surface area contributed by atoms with Crippen molar-refractivity contribution < 1.29 is 23.8 Å². The van der Waals surface area contributed by atoms with Gasteiger partial charge in [0, 0.05) is 24.6 Å². The van der Waals surface area contributed by atoms with E-state index in [4.69, 9.17) is 25.8 Å². The number of hydrogen-bond donors (Lipinski definition) is 1. The van der Waals surface area contributed by atoms with Crippen LogP contribution in [0.3, 0.4) is 0 Å². The van der Waals surface area contributed by atoms with E-state index in [2.05, 4.69) is 5.32 Å². The van der Waals surface area contributed by atoms with Gasteiger partial charge in [-0.15, -0.1) is 0 Å². The zero-order valence-corrected chi connectivity index (χ0v) is 18.9. The Morgan fingerprint density at radius 1 is 1.16 bits per heavy atom. The molecule has 0 saturated heterocycles. The highest BCUT2D eigenvalue weighted by molar-refractivity contribution is 6.33. The molecule has 2 atom stereocenters. The van der Waals surface area contributed by atoms with E-state index in [-0.39, 0.29) is 24.5 Å². The van der Waals surface area contributed by atoms with E-state index in [1.54, 1.807) is 56.4 Å². The predicted molar refractivity (Wildman–Crippen MR) is 120 cm³/mol. The summed E-state index contributed by atoms with van der Waals surface area (Å²) >= 11 is 6.15. The van der Waals surface area contributed by atoms with E-state index < -0.39 is 6.09 Å². The van der Waals surface area contributed by atoms with Gasteiger partial charge in [-0.1, -0.05) is 23.7 Å². The van der Waals surface area contributed by atoms with Gasteiger partial charge in [-0.3, -0.25) is 9.69 Å². The fraction of sp³-hybridized carbons (Fsp3) is 0.391. The third-order valence-electron chi connectivity index (χ3n) is 5.39. The first-order chi connectivity index (χ1) is 14.9. The van der Waals surface area contributed by atoms with Gasteiger partial charge in [-0.05, 0) is 44.0 Å². The molecule has 0 radical (unpaired) electrons. The van der Waals surface area contributed by atoms with Gasteiger partial charge in [0.2, 0.25) is 0 Å². The summed E-state index contributed by atoms with van der Waals surface area (Å²) in [6, 6.07) is 10.4. The average molecular weight is 447 g/mol. The Morgan fingerprint density at radius 2 is 1.84 bits per heavy atom. The summed E-state index contributed by atoms with van der Waals surface area (Å²) in [5, 5.41) is 3.38. The van der Waals surface area contributed by atoms with Crippen LogP contribution in [0.4, 0.5) is 10.5 Å². The molecule has 0 fully saturated rings. The molecule has 166 valence electrons. The number of nitrogens with zero attached hydrogens (tertiary/aromatic N) is 1. The molecule has 2 unspecified atom stereocenters. The molecule has 2 aromatic carbocycles. The van der Waals surface area contributed by atoms with Crippen molar-refractivity contribution in [2.45, 2.75) is 32.2 Å². The molecule has 1 aliphatic rings. The summed E-state index contributed by atoms with van der Waals surface area (Å²) < 4.78 is 16.2. The number of anilines is 1. The van der Waals surface area contributed by atoms with Crippen LogP contribution >= 0.6 is 11.6 Å². The lowest BCUT2D eigenvalue weighted by molar-refractivity contribution is 0.0949. The maximum Gasteiger partial charge on any atom is 0.414 e. The van der Waals surface area contributed by atoms with Gasteiger partial charge in [-0.25, -0.2) is 4.79 Å². The maximum absolute atomic E-state index is 12.7. The minimum atomic E-state index is -0.415. The van der Waals surface area contributed by atoms with E-state index in [0.29, 0.717) is 40.7 Å². The molecular formula is C23H27ClN2O5. The first kappa shape index (κ1) is 22.7.